The Morgan fingerprint density at radius 2 is 1.82 bits per heavy atom. The molecule has 0 unspecified atom stereocenters. The number of rotatable bonds is 1. The molecule has 0 amide bonds. The van der Waals surface area contributed by atoms with Gasteiger partial charge in [-0.15, -0.1) is 11.8 Å². The van der Waals surface area contributed by atoms with E-state index in [4.69, 9.17) is 9.47 Å². The van der Waals surface area contributed by atoms with Crippen molar-refractivity contribution in [1.29, 1.82) is 0 Å². The van der Waals surface area contributed by atoms with Gasteiger partial charge in [-0.3, -0.25) is 0 Å². The van der Waals surface area contributed by atoms with Gasteiger partial charge in [-0.25, -0.2) is 4.98 Å². The Kier molecular flexibility index (Phi) is 2.59. The molecule has 0 radical (unpaired) electrons. The number of thioether (sulfide) groups is 1. The van der Waals surface area contributed by atoms with E-state index in [9.17, 15) is 0 Å². The third-order valence-corrected chi connectivity index (χ3v) is 3.62. The van der Waals surface area contributed by atoms with Crippen molar-refractivity contribution >= 4 is 22.7 Å². The van der Waals surface area contributed by atoms with E-state index in [0.717, 1.165) is 27.4 Å². The third-order valence-electron chi connectivity index (χ3n) is 2.82. The predicted octanol–water partition coefficient (Wildman–Crippen LogP) is 3.04. The molecule has 0 saturated heterocycles. The van der Waals surface area contributed by atoms with E-state index in [0.29, 0.717) is 13.2 Å². The number of aromatic nitrogens is 1. The third kappa shape index (κ3) is 1.82. The monoisotopic (exact) mass is 247 g/mol. The van der Waals surface area contributed by atoms with E-state index < -0.39 is 0 Å². The second-order valence-electron chi connectivity index (χ2n) is 4.00. The van der Waals surface area contributed by atoms with Crippen LogP contribution in [0, 0.1) is 6.92 Å². The maximum absolute atomic E-state index is 5.57. The highest BCUT2D eigenvalue weighted by Gasteiger charge is 2.14. The summed E-state index contributed by atoms with van der Waals surface area (Å²) in [6, 6.07) is 6.11. The molecule has 2 aromatic rings. The Hall–Kier alpha value is -1.42. The van der Waals surface area contributed by atoms with Crippen molar-refractivity contribution in [3.8, 4) is 11.5 Å². The van der Waals surface area contributed by atoms with E-state index >= 15 is 0 Å². The zero-order valence-corrected chi connectivity index (χ0v) is 10.6. The molecule has 1 aliphatic rings. The number of ether oxygens (including phenoxy) is 2. The van der Waals surface area contributed by atoms with Crippen LogP contribution in [0.15, 0.2) is 23.2 Å². The molecule has 88 valence electrons. The molecule has 0 fully saturated rings. The van der Waals surface area contributed by atoms with Gasteiger partial charge in [-0.2, -0.15) is 0 Å². The lowest BCUT2D eigenvalue weighted by atomic mass is 10.1. The minimum atomic E-state index is 0.611. The van der Waals surface area contributed by atoms with E-state index in [1.54, 1.807) is 11.8 Å². The molecule has 0 aliphatic carbocycles. The number of aryl methyl sites for hydroxylation is 1. The van der Waals surface area contributed by atoms with Crippen LogP contribution < -0.4 is 9.47 Å². The van der Waals surface area contributed by atoms with E-state index in [1.165, 1.54) is 5.56 Å². The summed E-state index contributed by atoms with van der Waals surface area (Å²) in [7, 11) is 0. The van der Waals surface area contributed by atoms with Gasteiger partial charge in [-0.05, 0) is 30.9 Å². The molecular weight excluding hydrogens is 234 g/mol. The molecule has 0 bridgehead atoms. The zero-order chi connectivity index (χ0) is 11.8. The molecule has 0 spiro atoms. The lowest BCUT2D eigenvalue weighted by molar-refractivity contribution is 0.172. The highest BCUT2D eigenvalue weighted by molar-refractivity contribution is 7.98. The van der Waals surface area contributed by atoms with Crippen molar-refractivity contribution < 1.29 is 9.47 Å². The summed E-state index contributed by atoms with van der Waals surface area (Å²) in [5.41, 5.74) is 2.16. The smallest absolute Gasteiger partial charge is 0.163 e. The SMILES string of the molecule is CSc1nc2cc3c(cc2cc1C)OCCO3. The minimum absolute atomic E-state index is 0.611. The van der Waals surface area contributed by atoms with Gasteiger partial charge in [-0.1, -0.05) is 0 Å². The highest BCUT2D eigenvalue weighted by atomic mass is 32.2. The molecule has 1 aliphatic heterocycles. The Morgan fingerprint density at radius 3 is 2.53 bits per heavy atom. The largest absolute Gasteiger partial charge is 0.486 e. The normalized spacial score (nSPS) is 14.0. The van der Waals surface area contributed by atoms with Crippen molar-refractivity contribution in [3.05, 3.63) is 23.8 Å². The fourth-order valence-corrected chi connectivity index (χ4v) is 2.58. The average Bonchev–Trinajstić information content (AvgIpc) is 2.35. The quantitative estimate of drug-likeness (QED) is 0.725. The Morgan fingerprint density at radius 1 is 1.12 bits per heavy atom. The van der Waals surface area contributed by atoms with Gasteiger partial charge >= 0.3 is 0 Å². The first-order valence-electron chi connectivity index (χ1n) is 5.53. The van der Waals surface area contributed by atoms with Crippen LogP contribution in [-0.2, 0) is 0 Å². The van der Waals surface area contributed by atoms with Gasteiger partial charge in [0, 0.05) is 11.5 Å². The van der Waals surface area contributed by atoms with Gasteiger partial charge < -0.3 is 9.47 Å². The van der Waals surface area contributed by atoms with Crippen molar-refractivity contribution in [1.82, 2.24) is 4.98 Å². The zero-order valence-electron chi connectivity index (χ0n) is 9.82. The molecule has 1 aromatic carbocycles. The van der Waals surface area contributed by atoms with Crippen LogP contribution in [0.3, 0.4) is 0 Å². The van der Waals surface area contributed by atoms with Crippen molar-refractivity contribution in [2.75, 3.05) is 19.5 Å². The topological polar surface area (TPSA) is 31.4 Å². The average molecular weight is 247 g/mol. The second-order valence-corrected chi connectivity index (χ2v) is 4.80. The van der Waals surface area contributed by atoms with Gasteiger partial charge in [0.05, 0.1) is 10.5 Å². The first-order chi connectivity index (χ1) is 8.28. The van der Waals surface area contributed by atoms with Crippen LogP contribution in [0.2, 0.25) is 0 Å². The number of pyridine rings is 1. The number of hydrogen-bond acceptors (Lipinski definition) is 4. The van der Waals surface area contributed by atoms with E-state index in [-0.39, 0.29) is 0 Å². The minimum Gasteiger partial charge on any atom is -0.486 e. The molecular formula is C13H13NO2S. The standard InChI is InChI=1S/C13H13NO2S/c1-8-5-9-6-11-12(16-4-3-15-11)7-10(9)14-13(8)17-2/h5-7H,3-4H2,1-2H3. The summed E-state index contributed by atoms with van der Waals surface area (Å²) >= 11 is 1.66. The molecule has 4 heteroatoms. The Bertz CT molecular complexity index is 583. The Balaban J connectivity index is 2.23. The summed E-state index contributed by atoms with van der Waals surface area (Å²) < 4.78 is 11.1. The van der Waals surface area contributed by atoms with Crippen molar-refractivity contribution in [2.45, 2.75) is 11.9 Å². The lowest BCUT2D eigenvalue weighted by Gasteiger charge is -2.19. The van der Waals surface area contributed by atoms with Gasteiger partial charge in [0.15, 0.2) is 11.5 Å². The van der Waals surface area contributed by atoms with Crippen LogP contribution in [0.1, 0.15) is 5.56 Å². The van der Waals surface area contributed by atoms with Crippen molar-refractivity contribution in [2.24, 2.45) is 0 Å². The van der Waals surface area contributed by atoms with Crippen LogP contribution >= 0.6 is 11.8 Å². The summed E-state index contributed by atoms with van der Waals surface area (Å²) in [6.45, 7) is 3.31. The molecule has 0 atom stereocenters. The van der Waals surface area contributed by atoms with Crippen LogP contribution in [0.25, 0.3) is 10.9 Å². The van der Waals surface area contributed by atoms with Crippen molar-refractivity contribution in [3.63, 3.8) is 0 Å². The molecule has 3 rings (SSSR count). The number of hydrogen-bond donors (Lipinski definition) is 0. The molecule has 0 saturated carbocycles. The van der Waals surface area contributed by atoms with Gasteiger partial charge in [0.1, 0.15) is 13.2 Å². The number of nitrogens with zero attached hydrogens (tertiary/aromatic N) is 1. The molecule has 1 aromatic heterocycles. The molecule has 2 heterocycles. The summed E-state index contributed by atoms with van der Waals surface area (Å²) in [5, 5.41) is 2.17. The number of fused-ring (bicyclic) bond motifs is 2. The van der Waals surface area contributed by atoms with Gasteiger partial charge in [0.25, 0.3) is 0 Å². The fourth-order valence-electron chi connectivity index (χ4n) is 2.01. The highest BCUT2D eigenvalue weighted by Crippen LogP contribution is 2.35. The molecule has 3 nitrogen and oxygen atoms in total. The number of benzene rings is 1. The second kappa shape index (κ2) is 4.11. The van der Waals surface area contributed by atoms with Gasteiger partial charge in [0.2, 0.25) is 0 Å². The summed E-state index contributed by atoms with van der Waals surface area (Å²) in [5.74, 6) is 1.62. The Labute approximate surface area is 104 Å². The van der Waals surface area contributed by atoms with Crippen LogP contribution in [-0.4, -0.2) is 24.5 Å². The first kappa shape index (κ1) is 10.7. The maximum atomic E-state index is 5.57. The first-order valence-corrected chi connectivity index (χ1v) is 6.75. The van der Waals surface area contributed by atoms with E-state index in [2.05, 4.69) is 18.0 Å². The van der Waals surface area contributed by atoms with Crippen LogP contribution in [0.5, 0.6) is 11.5 Å². The lowest BCUT2D eigenvalue weighted by Crippen LogP contribution is -2.15. The predicted molar refractivity (Wildman–Crippen MR) is 69.3 cm³/mol. The van der Waals surface area contributed by atoms with Crippen LogP contribution in [0.4, 0.5) is 0 Å². The van der Waals surface area contributed by atoms with E-state index in [1.807, 2.05) is 18.4 Å². The molecule has 17 heavy (non-hydrogen) atoms. The summed E-state index contributed by atoms with van der Waals surface area (Å²) in [6.07, 6.45) is 2.04. The molecule has 0 N–H and O–H groups in total. The summed E-state index contributed by atoms with van der Waals surface area (Å²) in [4.78, 5) is 4.63. The fraction of sp³-hybridized carbons (Fsp3) is 0.308. The maximum Gasteiger partial charge on any atom is 0.163 e.